The standard InChI is InChI=1S/C17H16ClN3O2/c1-2-21-15-8-7-12(9-11(15)10-16(21)22)19-17(23)20-14-6-4-3-5-13(14)18/h3-9H,2,10H2,1H3,(H2,19,20,23). The lowest BCUT2D eigenvalue weighted by Crippen LogP contribution is -2.25. The fourth-order valence-electron chi connectivity index (χ4n) is 2.65. The fourth-order valence-corrected chi connectivity index (χ4v) is 2.84. The second kappa shape index (κ2) is 6.30. The van der Waals surface area contributed by atoms with Gasteiger partial charge in [-0.05, 0) is 42.8 Å². The Balaban J connectivity index is 1.72. The Bertz CT molecular complexity index is 776. The van der Waals surface area contributed by atoms with Crippen LogP contribution in [-0.2, 0) is 11.2 Å². The van der Waals surface area contributed by atoms with Gasteiger partial charge in [-0.2, -0.15) is 0 Å². The average molecular weight is 330 g/mol. The number of carbonyl (C=O) groups is 2. The van der Waals surface area contributed by atoms with Crippen LogP contribution in [0.25, 0.3) is 0 Å². The Morgan fingerprint density at radius 3 is 2.74 bits per heavy atom. The van der Waals surface area contributed by atoms with E-state index in [0.717, 1.165) is 11.3 Å². The summed E-state index contributed by atoms with van der Waals surface area (Å²) in [7, 11) is 0. The van der Waals surface area contributed by atoms with Gasteiger partial charge in [-0.1, -0.05) is 23.7 Å². The van der Waals surface area contributed by atoms with Crippen LogP contribution in [0, 0.1) is 0 Å². The number of nitrogens with one attached hydrogen (secondary N) is 2. The number of amides is 3. The van der Waals surface area contributed by atoms with Gasteiger partial charge in [0.25, 0.3) is 0 Å². The highest BCUT2D eigenvalue weighted by Gasteiger charge is 2.25. The maximum atomic E-state index is 12.1. The molecule has 2 aromatic rings. The summed E-state index contributed by atoms with van der Waals surface area (Å²) in [6.45, 7) is 2.59. The van der Waals surface area contributed by atoms with E-state index in [-0.39, 0.29) is 11.9 Å². The van der Waals surface area contributed by atoms with E-state index >= 15 is 0 Å². The molecule has 5 nitrogen and oxygen atoms in total. The molecule has 0 atom stereocenters. The molecule has 2 N–H and O–H groups in total. The van der Waals surface area contributed by atoms with Crippen LogP contribution in [0.1, 0.15) is 12.5 Å². The van der Waals surface area contributed by atoms with E-state index in [4.69, 9.17) is 11.6 Å². The van der Waals surface area contributed by atoms with Gasteiger partial charge in [0.1, 0.15) is 0 Å². The number of urea groups is 1. The predicted molar refractivity (Wildman–Crippen MR) is 92.3 cm³/mol. The second-order valence-electron chi connectivity index (χ2n) is 5.22. The first-order chi connectivity index (χ1) is 11.1. The fraction of sp³-hybridized carbons (Fsp3) is 0.176. The van der Waals surface area contributed by atoms with Crippen molar-refractivity contribution in [3.8, 4) is 0 Å². The van der Waals surface area contributed by atoms with Crippen molar-refractivity contribution in [3.63, 3.8) is 0 Å². The van der Waals surface area contributed by atoms with E-state index in [2.05, 4.69) is 10.6 Å². The number of likely N-dealkylation sites (N-methyl/N-ethyl adjacent to an activating group) is 1. The van der Waals surface area contributed by atoms with Crippen molar-refractivity contribution in [2.45, 2.75) is 13.3 Å². The number of hydrogen-bond acceptors (Lipinski definition) is 2. The van der Waals surface area contributed by atoms with Crippen molar-refractivity contribution >= 4 is 40.6 Å². The predicted octanol–water partition coefficient (Wildman–Crippen LogP) is 3.89. The molecule has 1 heterocycles. The number of hydrogen-bond donors (Lipinski definition) is 2. The molecule has 0 saturated carbocycles. The minimum absolute atomic E-state index is 0.0835. The van der Waals surface area contributed by atoms with Crippen LogP contribution in [0.5, 0.6) is 0 Å². The maximum Gasteiger partial charge on any atom is 0.323 e. The molecule has 0 fully saturated rings. The highest BCUT2D eigenvalue weighted by atomic mass is 35.5. The van der Waals surface area contributed by atoms with Crippen LogP contribution in [-0.4, -0.2) is 18.5 Å². The number of carbonyl (C=O) groups excluding carboxylic acids is 2. The number of benzene rings is 2. The summed E-state index contributed by atoms with van der Waals surface area (Å²) < 4.78 is 0. The lowest BCUT2D eigenvalue weighted by Gasteiger charge is -2.15. The largest absolute Gasteiger partial charge is 0.323 e. The quantitative estimate of drug-likeness (QED) is 0.897. The molecule has 1 aliphatic rings. The molecule has 0 aliphatic carbocycles. The monoisotopic (exact) mass is 329 g/mol. The SMILES string of the molecule is CCN1C(=O)Cc2cc(NC(=O)Nc3ccccc3Cl)ccc21. The Labute approximate surface area is 139 Å². The summed E-state index contributed by atoms with van der Waals surface area (Å²) in [6.07, 6.45) is 0.366. The highest BCUT2D eigenvalue weighted by Crippen LogP contribution is 2.31. The Hall–Kier alpha value is -2.53. The zero-order valence-corrected chi connectivity index (χ0v) is 13.4. The van der Waals surface area contributed by atoms with Crippen LogP contribution in [0.4, 0.5) is 21.9 Å². The first kappa shape index (κ1) is 15.4. The molecule has 0 aromatic heterocycles. The molecule has 1 aliphatic heterocycles. The molecule has 0 bridgehead atoms. The first-order valence-electron chi connectivity index (χ1n) is 7.34. The lowest BCUT2D eigenvalue weighted by atomic mass is 10.1. The molecular formula is C17H16ClN3O2. The van der Waals surface area contributed by atoms with E-state index in [1.54, 1.807) is 35.2 Å². The number of rotatable bonds is 3. The molecule has 118 valence electrons. The Kier molecular flexibility index (Phi) is 4.21. The van der Waals surface area contributed by atoms with Crippen molar-refractivity contribution in [2.75, 3.05) is 22.1 Å². The van der Waals surface area contributed by atoms with Crippen molar-refractivity contribution in [1.82, 2.24) is 0 Å². The zero-order valence-electron chi connectivity index (χ0n) is 12.6. The highest BCUT2D eigenvalue weighted by molar-refractivity contribution is 6.33. The molecule has 0 saturated heterocycles. The number of nitrogens with zero attached hydrogens (tertiary/aromatic N) is 1. The normalized spacial score (nSPS) is 13.0. The maximum absolute atomic E-state index is 12.1. The van der Waals surface area contributed by atoms with E-state index in [1.165, 1.54) is 0 Å². The van der Waals surface area contributed by atoms with Gasteiger partial charge in [-0.3, -0.25) is 4.79 Å². The second-order valence-corrected chi connectivity index (χ2v) is 5.62. The first-order valence-corrected chi connectivity index (χ1v) is 7.72. The minimum atomic E-state index is -0.380. The summed E-state index contributed by atoms with van der Waals surface area (Å²) in [5, 5.41) is 5.93. The summed E-state index contributed by atoms with van der Waals surface area (Å²) >= 11 is 6.01. The average Bonchev–Trinajstić information content (AvgIpc) is 2.83. The third kappa shape index (κ3) is 3.14. The molecule has 3 rings (SSSR count). The van der Waals surface area contributed by atoms with Gasteiger partial charge in [0.15, 0.2) is 0 Å². The van der Waals surface area contributed by atoms with E-state index in [9.17, 15) is 9.59 Å². The zero-order chi connectivity index (χ0) is 16.4. The molecule has 3 amide bonds. The van der Waals surface area contributed by atoms with Crippen molar-refractivity contribution in [3.05, 3.63) is 53.1 Å². The molecule has 0 unspecified atom stereocenters. The Morgan fingerprint density at radius 1 is 1.22 bits per heavy atom. The molecule has 0 spiro atoms. The van der Waals surface area contributed by atoms with E-state index < -0.39 is 0 Å². The van der Waals surface area contributed by atoms with E-state index in [0.29, 0.717) is 29.4 Å². The van der Waals surface area contributed by atoms with Crippen LogP contribution in [0.15, 0.2) is 42.5 Å². The van der Waals surface area contributed by atoms with Gasteiger partial charge < -0.3 is 15.5 Å². The molecule has 2 aromatic carbocycles. The topological polar surface area (TPSA) is 61.4 Å². The summed E-state index contributed by atoms with van der Waals surface area (Å²) in [5.74, 6) is 0.0835. The van der Waals surface area contributed by atoms with Gasteiger partial charge in [0.05, 0.1) is 17.1 Å². The van der Waals surface area contributed by atoms with Gasteiger partial charge in [-0.15, -0.1) is 0 Å². The third-order valence-electron chi connectivity index (χ3n) is 3.71. The number of halogens is 1. The van der Waals surface area contributed by atoms with Gasteiger partial charge >= 0.3 is 6.03 Å². The lowest BCUT2D eigenvalue weighted by molar-refractivity contribution is -0.117. The number of para-hydroxylation sites is 1. The van der Waals surface area contributed by atoms with Crippen LogP contribution in [0.2, 0.25) is 5.02 Å². The molecule has 6 heteroatoms. The van der Waals surface area contributed by atoms with Crippen LogP contribution >= 0.6 is 11.6 Å². The van der Waals surface area contributed by atoms with Gasteiger partial charge in [0.2, 0.25) is 5.91 Å². The van der Waals surface area contributed by atoms with Crippen molar-refractivity contribution < 1.29 is 9.59 Å². The number of fused-ring (bicyclic) bond motifs is 1. The third-order valence-corrected chi connectivity index (χ3v) is 4.04. The minimum Gasteiger partial charge on any atom is -0.312 e. The van der Waals surface area contributed by atoms with Crippen molar-refractivity contribution in [1.29, 1.82) is 0 Å². The van der Waals surface area contributed by atoms with Crippen LogP contribution in [0.3, 0.4) is 0 Å². The molecular weight excluding hydrogens is 314 g/mol. The summed E-state index contributed by atoms with van der Waals surface area (Å²) in [4.78, 5) is 25.7. The van der Waals surface area contributed by atoms with Crippen LogP contribution < -0.4 is 15.5 Å². The smallest absolute Gasteiger partial charge is 0.312 e. The molecule has 0 radical (unpaired) electrons. The Morgan fingerprint density at radius 2 is 2.00 bits per heavy atom. The van der Waals surface area contributed by atoms with E-state index in [1.807, 2.05) is 19.1 Å². The van der Waals surface area contributed by atoms with Gasteiger partial charge in [-0.25, -0.2) is 4.79 Å². The van der Waals surface area contributed by atoms with Gasteiger partial charge in [0, 0.05) is 17.9 Å². The molecule has 23 heavy (non-hydrogen) atoms. The summed E-state index contributed by atoms with van der Waals surface area (Å²) in [5.41, 5.74) is 3.01. The van der Waals surface area contributed by atoms with Crippen molar-refractivity contribution in [2.24, 2.45) is 0 Å². The number of anilines is 3. The summed E-state index contributed by atoms with van der Waals surface area (Å²) in [6, 6.07) is 12.1.